The maximum absolute atomic E-state index is 11.9. The molecule has 2 rings (SSSR count). The monoisotopic (exact) mass is 343 g/mol. The van der Waals surface area contributed by atoms with Crippen molar-refractivity contribution >= 4 is 40.9 Å². The molecule has 0 spiro atoms. The van der Waals surface area contributed by atoms with Crippen molar-refractivity contribution in [3.05, 3.63) is 33.8 Å². The van der Waals surface area contributed by atoms with Gasteiger partial charge in [0.25, 0.3) is 5.91 Å². The maximum atomic E-state index is 11.9. The third kappa shape index (κ3) is 4.45. The molecule has 0 saturated heterocycles. The van der Waals surface area contributed by atoms with Crippen molar-refractivity contribution in [2.45, 2.75) is 31.8 Å². The van der Waals surface area contributed by atoms with Gasteiger partial charge in [-0.15, -0.1) is 0 Å². The van der Waals surface area contributed by atoms with Crippen molar-refractivity contribution in [2.75, 3.05) is 6.54 Å². The molecular formula is C15H15Cl2NO4. The van der Waals surface area contributed by atoms with Crippen LogP contribution in [-0.4, -0.2) is 30.3 Å². The van der Waals surface area contributed by atoms with E-state index in [9.17, 15) is 14.4 Å². The van der Waals surface area contributed by atoms with E-state index in [-0.39, 0.29) is 22.9 Å². The van der Waals surface area contributed by atoms with Crippen molar-refractivity contribution in [3.8, 4) is 0 Å². The average molecular weight is 344 g/mol. The van der Waals surface area contributed by atoms with E-state index in [1.807, 2.05) is 0 Å². The minimum atomic E-state index is -0.683. The number of hydrogen-bond donors (Lipinski definition) is 1. The summed E-state index contributed by atoms with van der Waals surface area (Å²) in [6, 6.07) is 4.44. The third-order valence-electron chi connectivity index (χ3n) is 3.34. The predicted molar refractivity (Wildman–Crippen MR) is 82.2 cm³/mol. The molecule has 5 nitrogen and oxygen atoms in total. The second-order valence-electron chi connectivity index (χ2n) is 5.00. The van der Waals surface area contributed by atoms with E-state index in [4.69, 9.17) is 27.9 Å². The topological polar surface area (TPSA) is 72.5 Å². The van der Waals surface area contributed by atoms with Crippen molar-refractivity contribution in [3.63, 3.8) is 0 Å². The highest BCUT2D eigenvalue weighted by Gasteiger charge is 2.25. The van der Waals surface area contributed by atoms with E-state index in [0.717, 1.165) is 12.8 Å². The van der Waals surface area contributed by atoms with E-state index in [1.165, 1.54) is 18.2 Å². The Hall–Kier alpha value is -1.59. The van der Waals surface area contributed by atoms with Gasteiger partial charge in [-0.1, -0.05) is 23.2 Å². The number of ketones is 1. The zero-order valence-electron chi connectivity index (χ0n) is 11.7. The van der Waals surface area contributed by atoms with E-state index in [0.29, 0.717) is 17.9 Å². The fourth-order valence-corrected chi connectivity index (χ4v) is 2.69. The fraction of sp³-hybridized carbons (Fsp3) is 0.400. The molecule has 7 heteroatoms. The van der Waals surface area contributed by atoms with Gasteiger partial charge in [0.15, 0.2) is 11.9 Å². The van der Waals surface area contributed by atoms with Crippen LogP contribution in [0.2, 0.25) is 10.0 Å². The largest absolute Gasteiger partial charge is 0.453 e. The molecule has 0 heterocycles. The summed E-state index contributed by atoms with van der Waals surface area (Å²) >= 11 is 11.7. The first kappa shape index (κ1) is 16.8. The van der Waals surface area contributed by atoms with Crippen molar-refractivity contribution in [2.24, 2.45) is 0 Å². The molecule has 1 aromatic carbocycles. The van der Waals surface area contributed by atoms with Crippen LogP contribution in [0.3, 0.4) is 0 Å². The predicted octanol–water partition coefficient (Wildman–Crippen LogP) is 2.78. The second kappa shape index (κ2) is 7.61. The Kier molecular flexibility index (Phi) is 5.80. The number of amides is 1. The molecule has 1 atom stereocenters. The number of esters is 1. The number of nitrogens with one attached hydrogen (secondary N) is 1. The molecule has 1 aliphatic carbocycles. The second-order valence-corrected chi connectivity index (χ2v) is 5.84. The summed E-state index contributed by atoms with van der Waals surface area (Å²) in [4.78, 5) is 35.2. The van der Waals surface area contributed by atoms with Crippen LogP contribution in [0.1, 0.15) is 36.0 Å². The van der Waals surface area contributed by atoms with Crippen LogP contribution in [0.25, 0.3) is 0 Å². The van der Waals surface area contributed by atoms with Crippen LogP contribution in [0.5, 0.6) is 0 Å². The molecule has 1 aliphatic rings. The molecule has 1 aromatic rings. The summed E-state index contributed by atoms with van der Waals surface area (Å²) in [5.74, 6) is -1.21. The number of ether oxygens (including phenoxy) is 1. The Morgan fingerprint density at radius 3 is 2.73 bits per heavy atom. The Labute approximate surface area is 137 Å². The van der Waals surface area contributed by atoms with Gasteiger partial charge in [0, 0.05) is 11.4 Å². The highest BCUT2D eigenvalue weighted by Crippen LogP contribution is 2.21. The third-order valence-corrected chi connectivity index (χ3v) is 3.89. The molecule has 0 radical (unpaired) electrons. The lowest BCUT2D eigenvalue weighted by Crippen LogP contribution is -2.36. The molecular weight excluding hydrogens is 329 g/mol. The van der Waals surface area contributed by atoms with Crippen molar-refractivity contribution < 1.29 is 19.1 Å². The van der Waals surface area contributed by atoms with Crippen LogP contribution >= 0.6 is 23.2 Å². The van der Waals surface area contributed by atoms with Crippen molar-refractivity contribution in [1.29, 1.82) is 0 Å². The van der Waals surface area contributed by atoms with Crippen LogP contribution in [0.4, 0.5) is 0 Å². The minimum absolute atomic E-state index is 0.0633. The molecule has 22 heavy (non-hydrogen) atoms. The summed E-state index contributed by atoms with van der Waals surface area (Å²) in [6.45, 7) is -0.318. The lowest BCUT2D eigenvalue weighted by atomic mass is 9.96. The summed E-state index contributed by atoms with van der Waals surface area (Å²) in [6.07, 6.45) is 1.98. The zero-order valence-corrected chi connectivity index (χ0v) is 13.2. The van der Waals surface area contributed by atoms with Crippen LogP contribution in [-0.2, 0) is 14.3 Å². The standard InChI is InChI=1S/C15H15Cl2NO4/c16-9-5-6-10(11(17)7-9)15(21)18-8-14(20)22-13-4-2-1-3-12(13)19/h5-7,13H,1-4,8H2,(H,18,21)/t13-/m0/s1. The number of carbonyl (C=O) groups is 3. The Balaban J connectivity index is 1.85. The van der Waals surface area contributed by atoms with E-state index in [2.05, 4.69) is 5.32 Å². The Morgan fingerprint density at radius 1 is 1.27 bits per heavy atom. The molecule has 1 N–H and O–H groups in total. The number of benzene rings is 1. The van der Waals surface area contributed by atoms with Crippen LogP contribution in [0.15, 0.2) is 18.2 Å². The highest BCUT2D eigenvalue weighted by molar-refractivity contribution is 6.36. The lowest BCUT2D eigenvalue weighted by Gasteiger charge is -2.20. The first-order valence-electron chi connectivity index (χ1n) is 6.93. The molecule has 0 bridgehead atoms. The molecule has 1 amide bonds. The van der Waals surface area contributed by atoms with E-state index >= 15 is 0 Å². The molecule has 0 aromatic heterocycles. The molecule has 0 unspecified atom stereocenters. The fourth-order valence-electron chi connectivity index (χ4n) is 2.20. The van der Waals surface area contributed by atoms with Crippen LogP contribution in [0, 0.1) is 0 Å². The Bertz CT molecular complexity index is 603. The minimum Gasteiger partial charge on any atom is -0.453 e. The number of hydrogen-bond acceptors (Lipinski definition) is 4. The van der Waals surface area contributed by atoms with Gasteiger partial charge >= 0.3 is 5.97 Å². The van der Waals surface area contributed by atoms with Crippen LogP contribution < -0.4 is 5.32 Å². The average Bonchev–Trinajstić information content (AvgIpc) is 2.47. The first-order valence-corrected chi connectivity index (χ1v) is 7.68. The van der Waals surface area contributed by atoms with Gasteiger partial charge in [-0.05, 0) is 37.5 Å². The summed E-state index contributed by atoms with van der Waals surface area (Å²) in [5.41, 5.74) is 0.215. The van der Waals surface area contributed by atoms with Crippen molar-refractivity contribution in [1.82, 2.24) is 5.32 Å². The quantitative estimate of drug-likeness (QED) is 0.853. The van der Waals surface area contributed by atoms with Gasteiger partial charge in [0.2, 0.25) is 0 Å². The zero-order chi connectivity index (χ0) is 16.1. The Morgan fingerprint density at radius 2 is 2.05 bits per heavy atom. The molecule has 1 saturated carbocycles. The summed E-state index contributed by atoms with van der Waals surface area (Å²) < 4.78 is 5.08. The van der Waals surface area contributed by atoms with E-state index < -0.39 is 18.0 Å². The SMILES string of the molecule is O=C(CNC(=O)c1ccc(Cl)cc1Cl)O[C@H]1CCCCC1=O. The van der Waals surface area contributed by atoms with E-state index in [1.54, 1.807) is 0 Å². The summed E-state index contributed by atoms with van der Waals surface area (Å²) in [5, 5.41) is 3.02. The summed E-state index contributed by atoms with van der Waals surface area (Å²) in [7, 11) is 0. The molecule has 1 fully saturated rings. The number of halogens is 2. The van der Waals surface area contributed by atoms with Gasteiger partial charge in [0.05, 0.1) is 10.6 Å². The lowest BCUT2D eigenvalue weighted by molar-refractivity contribution is -0.155. The van der Waals surface area contributed by atoms with Gasteiger partial charge < -0.3 is 10.1 Å². The van der Waals surface area contributed by atoms with Gasteiger partial charge in [0.1, 0.15) is 6.54 Å². The highest BCUT2D eigenvalue weighted by atomic mass is 35.5. The number of carbonyl (C=O) groups excluding carboxylic acids is 3. The smallest absolute Gasteiger partial charge is 0.326 e. The first-order chi connectivity index (χ1) is 10.5. The van der Waals surface area contributed by atoms with Gasteiger partial charge in [-0.2, -0.15) is 0 Å². The van der Waals surface area contributed by atoms with Gasteiger partial charge in [-0.25, -0.2) is 0 Å². The molecule has 0 aliphatic heterocycles. The maximum Gasteiger partial charge on any atom is 0.326 e. The normalized spacial score (nSPS) is 17.9. The molecule has 118 valence electrons. The van der Waals surface area contributed by atoms with Gasteiger partial charge in [-0.3, -0.25) is 14.4 Å². The number of rotatable bonds is 4. The number of Topliss-reactive ketones (excluding diaryl/α,β-unsaturated/α-hetero) is 1.